The summed E-state index contributed by atoms with van der Waals surface area (Å²) in [5.74, 6) is -0.629. The maximum absolute atomic E-state index is 13.4. The van der Waals surface area contributed by atoms with E-state index < -0.39 is 41.1 Å². The molecule has 0 aromatic heterocycles. The number of rotatable bonds is 5. The van der Waals surface area contributed by atoms with E-state index in [0.717, 1.165) is 0 Å². The van der Waals surface area contributed by atoms with Gasteiger partial charge in [0.1, 0.15) is 17.7 Å². The zero-order chi connectivity index (χ0) is 21.7. The maximum atomic E-state index is 13.4. The maximum Gasteiger partial charge on any atom is 0.408 e. The first-order valence-electron chi connectivity index (χ1n) is 9.66. The van der Waals surface area contributed by atoms with Gasteiger partial charge < -0.3 is 24.8 Å². The van der Waals surface area contributed by atoms with E-state index in [1.165, 1.54) is 12.0 Å². The minimum absolute atomic E-state index is 0.0308. The fourth-order valence-electron chi connectivity index (χ4n) is 4.18. The number of likely N-dealkylation sites (tertiary alicyclic amines) is 1. The van der Waals surface area contributed by atoms with E-state index in [1.54, 1.807) is 34.6 Å². The molecule has 2 rings (SSSR count). The van der Waals surface area contributed by atoms with Crippen LogP contribution in [0.25, 0.3) is 0 Å². The van der Waals surface area contributed by atoms with E-state index in [9.17, 15) is 19.5 Å². The number of carbonyl (C=O) groups is 3. The number of hydrogen-bond donors (Lipinski definition) is 2. The molecule has 0 radical (unpaired) electrons. The van der Waals surface area contributed by atoms with Crippen molar-refractivity contribution in [2.45, 2.75) is 66.2 Å². The summed E-state index contributed by atoms with van der Waals surface area (Å²) in [6.07, 6.45) is -0.744. The highest BCUT2D eigenvalue weighted by Crippen LogP contribution is 2.65. The van der Waals surface area contributed by atoms with E-state index in [2.05, 4.69) is 19.2 Å². The monoisotopic (exact) mass is 398 g/mol. The number of piperidine rings is 1. The van der Waals surface area contributed by atoms with Gasteiger partial charge in [0.15, 0.2) is 0 Å². The molecule has 0 unspecified atom stereocenters. The predicted molar refractivity (Wildman–Crippen MR) is 102 cm³/mol. The molecule has 4 atom stereocenters. The number of hydrogen-bond acceptors (Lipinski definition) is 6. The first-order chi connectivity index (χ1) is 12.7. The number of esters is 1. The molecule has 8 nitrogen and oxygen atoms in total. The Labute approximate surface area is 166 Å². The number of nitrogens with one attached hydrogen (secondary N) is 1. The van der Waals surface area contributed by atoms with E-state index >= 15 is 0 Å². The van der Waals surface area contributed by atoms with Crippen LogP contribution in [0.5, 0.6) is 0 Å². The number of aliphatic hydroxyl groups excluding tert-OH is 1. The summed E-state index contributed by atoms with van der Waals surface area (Å²) < 4.78 is 10.2. The molecular weight excluding hydrogens is 364 g/mol. The topological polar surface area (TPSA) is 105 Å². The Balaban J connectivity index is 2.27. The Hall–Kier alpha value is -1.83. The average Bonchev–Trinajstić information content (AvgIpc) is 2.94. The lowest BCUT2D eigenvalue weighted by Crippen LogP contribution is -2.60. The van der Waals surface area contributed by atoms with Crippen molar-refractivity contribution in [2.75, 3.05) is 20.3 Å². The molecule has 1 saturated heterocycles. The first-order valence-corrected chi connectivity index (χ1v) is 9.66. The Bertz CT molecular complexity index is 652. The predicted octanol–water partition coefficient (Wildman–Crippen LogP) is 1.55. The second-order valence-corrected chi connectivity index (χ2v) is 10.1. The fraction of sp³-hybridized carbons (Fsp3) is 0.850. The third-order valence-corrected chi connectivity index (χ3v) is 6.03. The Kier molecular flexibility index (Phi) is 5.78. The van der Waals surface area contributed by atoms with Crippen molar-refractivity contribution in [3.8, 4) is 0 Å². The Morgan fingerprint density at radius 1 is 1.21 bits per heavy atom. The molecule has 2 fully saturated rings. The highest BCUT2D eigenvalue weighted by atomic mass is 16.6. The van der Waals surface area contributed by atoms with Crippen LogP contribution in [0.1, 0.15) is 48.5 Å². The minimum Gasteiger partial charge on any atom is -0.467 e. The van der Waals surface area contributed by atoms with Crippen LogP contribution >= 0.6 is 0 Å². The summed E-state index contributed by atoms with van der Waals surface area (Å²) in [5.41, 5.74) is -1.71. The SMILES string of the molecule is COC(=O)[C@@H]1[C@@H]2[C@H](CN1C(=O)[C@@H](NC(=O)OC(C)(C)C)C(C)(C)CO)C2(C)C. The zero-order valence-electron chi connectivity index (χ0n) is 18.2. The first kappa shape index (κ1) is 22.5. The van der Waals surface area contributed by atoms with Crippen LogP contribution in [-0.2, 0) is 19.1 Å². The van der Waals surface area contributed by atoms with Crippen LogP contribution in [0, 0.1) is 22.7 Å². The summed E-state index contributed by atoms with van der Waals surface area (Å²) in [7, 11) is 1.31. The van der Waals surface area contributed by atoms with Crippen LogP contribution in [0.3, 0.4) is 0 Å². The standard InChI is InChI=1S/C20H34N2O6/c1-18(2,3)28-17(26)21-14(19(4,5)10-23)15(24)22-9-11-12(20(11,6)7)13(22)16(25)27-8/h11-14,23H,9-10H2,1-8H3,(H,21,26)/t11-,12-,13-,14+/m0/s1. The van der Waals surface area contributed by atoms with Crippen molar-refractivity contribution in [3.63, 3.8) is 0 Å². The fourth-order valence-corrected chi connectivity index (χ4v) is 4.18. The van der Waals surface area contributed by atoms with Crippen LogP contribution < -0.4 is 5.32 Å². The van der Waals surface area contributed by atoms with Crippen LogP contribution in [0.15, 0.2) is 0 Å². The molecule has 2 amide bonds. The number of nitrogens with zero attached hydrogens (tertiary/aromatic N) is 1. The highest BCUT2D eigenvalue weighted by Gasteiger charge is 2.70. The number of fused-ring (bicyclic) bond motifs is 1. The lowest BCUT2D eigenvalue weighted by atomic mass is 9.84. The van der Waals surface area contributed by atoms with Gasteiger partial charge in [-0.15, -0.1) is 0 Å². The van der Waals surface area contributed by atoms with E-state index in [0.29, 0.717) is 6.54 Å². The third kappa shape index (κ3) is 4.11. The third-order valence-electron chi connectivity index (χ3n) is 6.03. The summed E-state index contributed by atoms with van der Waals surface area (Å²) in [4.78, 5) is 39.6. The second-order valence-electron chi connectivity index (χ2n) is 10.1. The number of amides is 2. The van der Waals surface area contributed by atoms with Crippen molar-refractivity contribution in [2.24, 2.45) is 22.7 Å². The zero-order valence-corrected chi connectivity index (χ0v) is 18.2. The summed E-state index contributed by atoms with van der Waals surface area (Å²) >= 11 is 0. The molecular formula is C20H34N2O6. The highest BCUT2D eigenvalue weighted by molar-refractivity contribution is 5.91. The van der Waals surface area contributed by atoms with Crippen molar-refractivity contribution in [1.29, 1.82) is 0 Å². The molecule has 2 N–H and O–H groups in total. The summed E-state index contributed by atoms with van der Waals surface area (Å²) in [6.45, 7) is 12.8. The van der Waals surface area contributed by atoms with Gasteiger partial charge in [0.05, 0.1) is 13.7 Å². The van der Waals surface area contributed by atoms with Gasteiger partial charge in [0.2, 0.25) is 5.91 Å². The van der Waals surface area contributed by atoms with Gasteiger partial charge in [-0.1, -0.05) is 27.7 Å². The normalized spacial score (nSPS) is 26.9. The second kappa shape index (κ2) is 7.21. The number of aliphatic hydroxyl groups is 1. The van der Waals surface area contributed by atoms with Gasteiger partial charge in [-0.05, 0) is 32.1 Å². The molecule has 0 bridgehead atoms. The van der Waals surface area contributed by atoms with Crippen LogP contribution in [-0.4, -0.2) is 65.9 Å². The van der Waals surface area contributed by atoms with Gasteiger partial charge in [-0.3, -0.25) is 4.79 Å². The van der Waals surface area contributed by atoms with Crippen LogP contribution in [0.2, 0.25) is 0 Å². The Morgan fingerprint density at radius 3 is 2.25 bits per heavy atom. The number of alkyl carbamates (subject to hydrolysis) is 1. The summed E-state index contributed by atoms with van der Waals surface area (Å²) in [6, 6.07) is -1.73. The Morgan fingerprint density at radius 2 is 1.79 bits per heavy atom. The smallest absolute Gasteiger partial charge is 0.408 e. The number of ether oxygens (including phenoxy) is 2. The van der Waals surface area contributed by atoms with Gasteiger partial charge >= 0.3 is 12.1 Å². The quantitative estimate of drug-likeness (QED) is 0.681. The lowest BCUT2D eigenvalue weighted by molar-refractivity contribution is -0.155. The molecule has 1 aliphatic heterocycles. The molecule has 0 aromatic carbocycles. The molecule has 0 aromatic rings. The minimum atomic E-state index is -1.04. The van der Waals surface area contributed by atoms with E-state index in [1.807, 2.05) is 0 Å². The van der Waals surface area contributed by atoms with Gasteiger partial charge in [0, 0.05) is 17.9 Å². The van der Waals surface area contributed by atoms with Crippen molar-refractivity contribution in [1.82, 2.24) is 10.2 Å². The van der Waals surface area contributed by atoms with Crippen LogP contribution in [0.4, 0.5) is 4.79 Å². The van der Waals surface area contributed by atoms with Crippen molar-refractivity contribution < 1.29 is 29.0 Å². The van der Waals surface area contributed by atoms with Gasteiger partial charge in [0.25, 0.3) is 0 Å². The van der Waals surface area contributed by atoms with Gasteiger partial charge in [-0.2, -0.15) is 0 Å². The average molecular weight is 399 g/mol. The molecule has 8 heteroatoms. The molecule has 1 aliphatic carbocycles. The molecule has 1 heterocycles. The van der Waals surface area contributed by atoms with E-state index in [4.69, 9.17) is 9.47 Å². The molecule has 1 saturated carbocycles. The summed E-state index contributed by atoms with van der Waals surface area (Å²) in [5, 5.41) is 12.4. The lowest BCUT2D eigenvalue weighted by Gasteiger charge is -2.38. The largest absolute Gasteiger partial charge is 0.467 e. The molecule has 28 heavy (non-hydrogen) atoms. The van der Waals surface area contributed by atoms with Crippen molar-refractivity contribution in [3.05, 3.63) is 0 Å². The number of carbonyl (C=O) groups excluding carboxylic acids is 3. The van der Waals surface area contributed by atoms with Gasteiger partial charge in [-0.25, -0.2) is 9.59 Å². The van der Waals surface area contributed by atoms with Crippen molar-refractivity contribution >= 4 is 18.0 Å². The number of methoxy groups -OCH3 is 1. The molecule has 2 aliphatic rings. The van der Waals surface area contributed by atoms with E-state index in [-0.39, 0.29) is 23.9 Å². The molecule has 0 spiro atoms. The molecule has 160 valence electrons.